The molecule has 5 N–H and O–H groups in total. The number of carbonyl (C=O) groups is 2. The van der Waals surface area contributed by atoms with Crippen LogP contribution in [0.1, 0.15) is 26.4 Å². The molecule has 0 fully saturated rings. The third-order valence-electron chi connectivity index (χ3n) is 4.28. The Morgan fingerprint density at radius 2 is 1.90 bits per heavy atom. The Morgan fingerprint density at radius 3 is 2.48 bits per heavy atom. The van der Waals surface area contributed by atoms with Gasteiger partial charge in [0.25, 0.3) is 5.56 Å². The topological polar surface area (TPSA) is 165 Å². The highest BCUT2D eigenvalue weighted by molar-refractivity contribution is 9.10. The molecule has 0 saturated heterocycles. The van der Waals surface area contributed by atoms with E-state index in [1.165, 1.54) is 19.2 Å². The van der Waals surface area contributed by atoms with Crippen LogP contribution >= 0.6 is 15.9 Å². The van der Waals surface area contributed by atoms with E-state index < -0.39 is 34.4 Å². The molecule has 0 aliphatic heterocycles. The number of hydrogen-bond donors (Lipinski definition) is 4. The van der Waals surface area contributed by atoms with Gasteiger partial charge in [-0.3, -0.25) is 9.78 Å². The van der Waals surface area contributed by atoms with Crippen molar-refractivity contribution in [3.8, 4) is 22.6 Å². The molecule has 0 saturated carbocycles. The van der Waals surface area contributed by atoms with Crippen LogP contribution in [0.25, 0.3) is 11.1 Å². The quantitative estimate of drug-likeness (QED) is 0.390. The highest BCUT2D eigenvalue weighted by atomic mass is 79.9. The number of nitrogens with two attached hydrogens (primary N) is 1. The lowest BCUT2D eigenvalue weighted by Crippen LogP contribution is -2.24. The first-order valence-electron chi connectivity index (χ1n) is 8.67. The van der Waals surface area contributed by atoms with E-state index in [2.05, 4.69) is 25.9 Å². The van der Waals surface area contributed by atoms with Crippen LogP contribution in [0.5, 0.6) is 11.5 Å². The van der Waals surface area contributed by atoms with Crippen LogP contribution in [0.4, 0.5) is 5.82 Å². The molecule has 0 amide bonds. The molecule has 11 heteroatoms. The van der Waals surface area contributed by atoms with Crippen molar-refractivity contribution in [1.82, 2.24) is 9.97 Å². The molecule has 2 aromatic heterocycles. The number of benzene rings is 1. The zero-order chi connectivity index (χ0) is 22.7. The number of aromatic amines is 1. The van der Waals surface area contributed by atoms with Gasteiger partial charge in [0.05, 0.1) is 17.3 Å². The van der Waals surface area contributed by atoms with Gasteiger partial charge in [-0.1, -0.05) is 6.07 Å². The zero-order valence-corrected chi connectivity index (χ0v) is 17.6. The van der Waals surface area contributed by atoms with Crippen LogP contribution in [0.3, 0.4) is 0 Å². The lowest BCUT2D eigenvalue weighted by molar-refractivity contribution is 0.0695. The van der Waals surface area contributed by atoms with E-state index in [0.29, 0.717) is 10.2 Å². The maximum Gasteiger partial charge on any atom is 0.342 e. The van der Waals surface area contributed by atoms with E-state index in [0.717, 1.165) is 0 Å². The molecule has 0 aliphatic rings. The molecule has 2 heterocycles. The minimum absolute atomic E-state index is 0.0847. The molecular weight excluding hydrogens is 474 g/mol. The van der Waals surface area contributed by atoms with Crippen molar-refractivity contribution in [3.05, 3.63) is 68.2 Å². The molecule has 10 nitrogen and oxygen atoms in total. The van der Waals surface area contributed by atoms with Crippen molar-refractivity contribution in [2.24, 2.45) is 0 Å². The third-order valence-corrected chi connectivity index (χ3v) is 4.87. The first kappa shape index (κ1) is 21.8. The van der Waals surface area contributed by atoms with E-state index in [9.17, 15) is 24.6 Å². The predicted octanol–water partition coefficient (Wildman–Crippen LogP) is 2.77. The summed E-state index contributed by atoms with van der Waals surface area (Å²) in [5.74, 6) is -3.13. The average molecular weight is 490 g/mol. The second kappa shape index (κ2) is 8.88. The number of H-pyrrole nitrogens is 1. The van der Waals surface area contributed by atoms with E-state index in [-0.39, 0.29) is 29.2 Å². The normalized spacial score (nSPS) is 10.5. The lowest BCUT2D eigenvalue weighted by Gasteiger charge is -2.17. The molecular formula is C20H16BrN3O7. The molecule has 1 aromatic carbocycles. The van der Waals surface area contributed by atoms with Crippen molar-refractivity contribution in [2.75, 3.05) is 12.8 Å². The molecule has 160 valence electrons. The Labute approximate surface area is 183 Å². The molecule has 0 bridgehead atoms. The van der Waals surface area contributed by atoms with Crippen molar-refractivity contribution < 1.29 is 29.3 Å². The molecule has 0 aliphatic carbocycles. The number of nitrogens with one attached hydrogen (secondary N) is 1. The second-order valence-electron chi connectivity index (χ2n) is 6.20. The second-order valence-corrected chi connectivity index (χ2v) is 7.06. The molecule has 3 rings (SSSR count). The smallest absolute Gasteiger partial charge is 0.342 e. The number of methoxy groups -OCH3 is 1. The first-order chi connectivity index (χ1) is 14.7. The van der Waals surface area contributed by atoms with Gasteiger partial charge in [0.15, 0.2) is 11.5 Å². The number of carboxylic acids is 2. The van der Waals surface area contributed by atoms with Gasteiger partial charge in [0.1, 0.15) is 23.6 Å². The van der Waals surface area contributed by atoms with Gasteiger partial charge in [-0.2, -0.15) is 0 Å². The summed E-state index contributed by atoms with van der Waals surface area (Å²) in [5, 5.41) is 19.1. The summed E-state index contributed by atoms with van der Waals surface area (Å²) in [7, 11) is 1.36. The van der Waals surface area contributed by atoms with E-state index in [4.69, 9.17) is 15.2 Å². The number of ether oxygens (including phenoxy) is 2. The Balaban J connectivity index is 2.19. The molecule has 0 radical (unpaired) electrons. The number of pyridine rings is 2. The van der Waals surface area contributed by atoms with Gasteiger partial charge < -0.3 is 30.4 Å². The fraction of sp³-hybridized carbons (Fsp3) is 0.100. The highest BCUT2D eigenvalue weighted by Crippen LogP contribution is 2.41. The number of rotatable bonds is 7. The number of anilines is 1. The van der Waals surface area contributed by atoms with Gasteiger partial charge in [-0.25, -0.2) is 9.59 Å². The molecule has 0 atom stereocenters. The molecule has 0 unspecified atom stereocenters. The van der Waals surface area contributed by atoms with Gasteiger partial charge in [0, 0.05) is 11.8 Å². The van der Waals surface area contributed by atoms with Crippen LogP contribution in [-0.4, -0.2) is 39.2 Å². The summed E-state index contributed by atoms with van der Waals surface area (Å²) in [5.41, 5.74) is 3.73. The molecule has 3 aromatic rings. The predicted molar refractivity (Wildman–Crippen MR) is 114 cm³/mol. The summed E-state index contributed by atoms with van der Waals surface area (Å²) in [6, 6.07) is 8.13. The summed E-state index contributed by atoms with van der Waals surface area (Å²) in [4.78, 5) is 42.0. The fourth-order valence-electron chi connectivity index (χ4n) is 2.97. The van der Waals surface area contributed by atoms with E-state index in [1.54, 1.807) is 24.4 Å². The summed E-state index contributed by atoms with van der Waals surface area (Å²) < 4.78 is 11.5. The Kier molecular flexibility index (Phi) is 6.25. The number of aromatic carboxylic acids is 2. The number of hydrogen-bond acceptors (Lipinski definition) is 7. The summed E-state index contributed by atoms with van der Waals surface area (Å²) >= 11 is 3.33. The van der Waals surface area contributed by atoms with Crippen molar-refractivity contribution in [2.45, 2.75) is 6.61 Å². The van der Waals surface area contributed by atoms with Crippen molar-refractivity contribution in [3.63, 3.8) is 0 Å². The number of carboxylic acid groups (broad SMARTS) is 2. The molecule has 0 spiro atoms. The van der Waals surface area contributed by atoms with Crippen LogP contribution in [-0.2, 0) is 6.61 Å². The van der Waals surface area contributed by atoms with Gasteiger partial charge in [-0.05, 0) is 45.8 Å². The zero-order valence-electron chi connectivity index (χ0n) is 16.0. The lowest BCUT2D eigenvalue weighted by atomic mass is 9.95. The largest absolute Gasteiger partial charge is 0.493 e. The number of nitrogens with zero attached hydrogens (tertiary/aromatic N) is 1. The number of aromatic nitrogens is 2. The minimum Gasteiger partial charge on any atom is -0.493 e. The summed E-state index contributed by atoms with van der Waals surface area (Å²) in [6.45, 7) is 0.119. The Hall–Kier alpha value is -3.86. The Bertz CT molecular complexity index is 1230. The van der Waals surface area contributed by atoms with Gasteiger partial charge >= 0.3 is 11.9 Å². The number of nitrogen functional groups attached to an aromatic ring is 1. The maximum atomic E-state index is 12.2. The van der Waals surface area contributed by atoms with Crippen LogP contribution in [0, 0.1) is 0 Å². The maximum absolute atomic E-state index is 12.2. The minimum atomic E-state index is -1.61. The highest BCUT2D eigenvalue weighted by Gasteiger charge is 2.28. The third kappa shape index (κ3) is 4.36. The number of halogens is 1. The average Bonchev–Trinajstić information content (AvgIpc) is 2.71. The van der Waals surface area contributed by atoms with E-state index >= 15 is 0 Å². The standard InChI is InChI=1S/C20H16BrN3O7/c1-30-12-7-9(6-11(21)16(12)31-8-10-4-2-3-5-23-10)13-14(19(26)27)17(22)24-18(25)15(13)20(28)29/h2-7H,8H2,1H3,(H,26,27)(H,28,29)(H3,22,24,25). The van der Waals surface area contributed by atoms with Gasteiger partial charge in [-0.15, -0.1) is 0 Å². The van der Waals surface area contributed by atoms with Crippen LogP contribution in [0.15, 0.2) is 45.8 Å². The van der Waals surface area contributed by atoms with Crippen molar-refractivity contribution in [1.29, 1.82) is 0 Å². The summed E-state index contributed by atoms with van der Waals surface area (Å²) in [6.07, 6.45) is 1.62. The van der Waals surface area contributed by atoms with E-state index in [1.807, 2.05) is 0 Å². The van der Waals surface area contributed by atoms with Gasteiger partial charge in [0.2, 0.25) is 0 Å². The monoisotopic (exact) mass is 489 g/mol. The Morgan fingerprint density at radius 1 is 1.19 bits per heavy atom. The first-order valence-corrected chi connectivity index (χ1v) is 9.46. The van der Waals surface area contributed by atoms with Crippen LogP contribution in [0.2, 0.25) is 0 Å². The molecule has 31 heavy (non-hydrogen) atoms. The fourth-order valence-corrected chi connectivity index (χ4v) is 3.53. The SMILES string of the molecule is COc1cc(-c2c(C(=O)O)c(N)[nH]c(=O)c2C(=O)O)cc(Br)c1OCc1ccccn1. The van der Waals surface area contributed by atoms with Crippen LogP contribution < -0.4 is 20.8 Å². The van der Waals surface area contributed by atoms with Crippen molar-refractivity contribution >= 4 is 33.7 Å².